The van der Waals surface area contributed by atoms with Gasteiger partial charge in [-0.05, 0) is 50.4 Å². The lowest BCUT2D eigenvalue weighted by molar-refractivity contribution is 0.247. The Bertz CT molecular complexity index is 584. The van der Waals surface area contributed by atoms with E-state index in [1.165, 1.54) is 12.8 Å². The van der Waals surface area contributed by atoms with Crippen LogP contribution >= 0.6 is 11.6 Å². The highest BCUT2D eigenvalue weighted by molar-refractivity contribution is 6.31. The third-order valence-corrected chi connectivity index (χ3v) is 3.91. The molecule has 1 aromatic heterocycles. The fourth-order valence-corrected chi connectivity index (χ4v) is 2.73. The van der Waals surface area contributed by atoms with E-state index >= 15 is 0 Å². The van der Waals surface area contributed by atoms with Crippen LogP contribution in [0.15, 0.2) is 24.3 Å². The van der Waals surface area contributed by atoms with Crippen LogP contribution in [0.2, 0.25) is 5.15 Å². The molecule has 5 heteroatoms. The van der Waals surface area contributed by atoms with Gasteiger partial charge in [-0.1, -0.05) is 23.7 Å². The maximum Gasteiger partial charge on any atom is 0.252 e. The lowest BCUT2D eigenvalue weighted by Gasteiger charge is -2.22. The predicted octanol–water partition coefficient (Wildman–Crippen LogP) is 3.05. The molecule has 0 saturated carbocycles. The molecule has 2 heterocycles. The molecule has 0 aliphatic carbocycles. The van der Waals surface area contributed by atoms with Gasteiger partial charge in [0.05, 0.1) is 17.6 Å². The number of ether oxygens (including phenoxy) is 1. The Morgan fingerprint density at radius 2 is 2.05 bits per heavy atom. The number of para-hydroxylation sites is 2. The van der Waals surface area contributed by atoms with Crippen LogP contribution < -0.4 is 10.1 Å². The van der Waals surface area contributed by atoms with E-state index in [1.54, 1.807) is 0 Å². The highest BCUT2D eigenvalue weighted by Crippen LogP contribution is 2.23. The Labute approximate surface area is 123 Å². The third kappa shape index (κ3) is 3.19. The Morgan fingerprint density at radius 1 is 1.25 bits per heavy atom. The SMILES string of the molecule is Clc1nc2ccccc2nc1OCCC1CCCNC1. The number of rotatable bonds is 4. The molecule has 1 saturated heterocycles. The number of halogens is 1. The lowest BCUT2D eigenvalue weighted by Crippen LogP contribution is -2.30. The van der Waals surface area contributed by atoms with Crippen LogP contribution in [0.1, 0.15) is 19.3 Å². The summed E-state index contributed by atoms with van der Waals surface area (Å²) in [4.78, 5) is 8.73. The van der Waals surface area contributed by atoms with Gasteiger partial charge in [0.15, 0.2) is 5.15 Å². The van der Waals surface area contributed by atoms with E-state index in [0.29, 0.717) is 23.6 Å². The fraction of sp³-hybridized carbons (Fsp3) is 0.467. The van der Waals surface area contributed by atoms with Gasteiger partial charge in [0, 0.05) is 0 Å². The first-order valence-corrected chi connectivity index (χ1v) is 7.46. The average Bonchev–Trinajstić information content (AvgIpc) is 2.49. The molecule has 0 spiro atoms. The van der Waals surface area contributed by atoms with Gasteiger partial charge in [0.1, 0.15) is 0 Å². The molecule has 0 radical (unpaired) electrons. The van der Waals surface area contributed by atoms with Crippen molar-refractivity contribution >= 4 is 22.6 Å². The molecule has 1 fully saturated rings. The van der Waals surface area contributed by atoms with Gasteiger partial charge >= 0.3 is 0 Å². The normalized spacial score (nSPS) is 19.1. The van der Waals surface area contributed by atoms with Crippen molar-refractivity contribution in [1.29, 1.82) is 0 Å². The largest absolute Gasteiger partial charge is 0.475 e. The standard InChI is InChI=1S/C15H18ClN3O/c16-14-15(19-13-6-2-1-5-12(13)18-14)20-9-7-11-4-3-8-17-10-11/h1-2,5-6,11,17H,3-4,7-10H2. The summed E-state index contributed by atoms with van der Waals surface area (Å²) < 4.78 is 5.71. The monoisotopic (exact) mass is 291 g/mol. The number of fused-ring (bicyclic) bond motifs is 1. The number of hydrogen-bond acceptors (Lipinski definition) is 4. The van der Waals surface area contributed by atoms with E-state index in [-0.39, 0.29) is 0 Å². The maximum atomic E-state index is 6.11. The van der Waals surface area contributed by atoms with E-state index in [2.05, 4.69) is 15.3 Å². The summed E-state index contributed by atoms with van der Waals surface area (Å²) in [7, 11) is 0. The van der Waals surface area contributed by atoms with Gasteiger partial charge in [-0.2, -0.15) is 0 Å². The first-order valence-electron chi connectivity index (χ1n) is 7.09. The summed E-state index contributed by atoms with van der Waals surface area (Å²) in [6.07, 6.45) is 3.55. The molecule has 1 atom stereocenters. The van der Waals surface area contributed by atoms with Crippen molar-refractivity contribution in [2.75, 3.05) is 19.7 Å². The van der Waals surface area contributed by atoms with Crippen LogP contribution in [0.3, 0.4) is 0 Å². The molecule has 1 unspecified atom stereocenters. The number of aromatic nitrogens is 2. The van der Waals surface area contributed by atoms with Crippen LogP contribution in [0.25, 0.3) is 11.0 Å². The number of nitrogens with zero attached hydrogens (tertiary/aromatic N) is 2. The minimum absolute atomic E-state index is 0.338. The van der Waals surface area contributed by atoms with Crippen LogP contribution in [-0.2, 0) is 0 Å². The third-order valence-electron chi connectivity index (χ3n) is 3.66. The van der Waals surface area contributed by atoms with Gasteiger partial charge < -0.3 is 10.1 Å². The van der Waals surface area contributed by atoms with E-state index in [4.69, 9.17) is 16.3 Å². The first-order chi connectivity index (χ1) is 9.83. The molecule has 4 nitrogen and oxygen atoms in total. The second kappa shape index (κ2) is 6.37. The average molecular weight is 292 g/mol. The van der Waals surface area contributed by atoms with Gasteiger partial charge in [-0.15, -0.1) is 0 Å². The maximum absolute atomic E-state index is 6.11. The van der Waals surface area contributed by atoms with E-state index < -0.39 is 0 Å². The predicted molar refractivity (Wildman–Crippen MR) is 80.3 cm³/mol. The first kappa shape index (κ1) is 13.6. The quantitative estimate of drug-likeness (QED) is 0.940. The lowest BCUT2D eigenvalue weighted by atomic mass is 9.97. The van der Waals surface area contributed by atoms with Gasteiger partial charge in [0.25, 0.3) is 5.88 Å². The molecular formula is C15H18ClN3O. The molecule has 106 valence electrons. The van der Waals surface area contributed by atoms with Crippen molar-refractivity contribution in [3.05, 3.63) is 29.4 Å². The van der Waals surface area contributed by atoms with Crippen LogP contribution in [0.5, 0.6) is 5.88 Å². The molecule has 1 aliphatic rings. The second-order valence-corrected chi connectivity index (χ2v) is 5.52. The van der Waals surface area contributed by atoms with Crippen molar-refractivity contribution in [3.8, 4) is 5.88 Å². The summed E-state index contributed by atoms with van der Waals surface area (Å²) in [6, 6.07) is 7.66. The number of benzene rings is 1. The van der Waals surface area contributed by atoms with E-state index in [9.17, 15) is 0 Å². The van der Waals surface area contributed by atoms with Crippen LogP contribution in [0, 0.1) is 5.92 Å². The Morgan fingerprint density at radius 3 is 2.80 bits per heavy atom. The zero-order valence-corrected chi connectivity index (χ0v) is 12.1. The van der Waals surface area contributed by atoms with Gasteiger partial charge in [-0.3, -0.25) is 0 Å². The van der Waals surface area contributed by atoms with Crippen molar-refractivity contribution in [1.82, 2.24) is 15.3 Å². The van der Waals surface area contributed by atoms with Crippen molar-refractivity contribution in [3.63, 3.8) is 0 Å². The summed E-state index contributed by atoms with van der Waals surface area (Å²) >= 11 is 6.11. The van der Waals surface area contributed by atoms with Gasteiger partial charge in [0.2, 0.25) is 0 Å². The Balaban J connectivity index is 1.63. The van der Waals surface area contributed by atoms with Crippen molar-refractivity contribution < 1.29 is 4.74 Å². The van der Waals surface area contributed by atoms with Crippen LogP contribution in [0.4, 0.5) is 0 Å². The van der Waals surface area contributed by atoms with Crippen LogP contribution in [-0.4, -0.2) is 29.7 Å². The Hall–Kier alpha value is -1.39. The molecular weight excluding hydrogens is 274 g/mol. The summed E-state index contributed by atoms with van der Waals surface area (Å²) in [5.74, 6) is 1.13. The fourth-order valence-electron chi connectivity index (χ4n) is 2.55. The summed E-state index contributed by atoms with van der Waals surface area (Å²) in [5.41, 5.74) is 1.60. The molecule has 20 heavy (non-hydrogen) atoms. The Kier molecular flexibility index (Phi) is 4.33. The number of piperidine rings is 1. The highest BCUT2D eigenvalue weighted by Gasteiger charge is 2.14. The molecule has 1 N–H and O–H groups in total. The number of nitrogens with one attached hydrogen (secondary N) is 1. The van der Waals surface area contributed by atoms with E-state index in [0.717, 1.165) is 30.5 Å². The smallest absolute Gasteiger partial charge is 0.252 e. The molecule has 0 amide bonds. The molecule has 1 aliphatic heterocycles. The van der Waals surface area contributed by atoms with E-state index in [1.807, 2.05) is 24.3 Å². The zero-order chi connectivity index (χ0) is 13.8. The molecule has 2 aromatic rings. The number of hydrogen-bond donors (Lipinski definition) is 1. The minimum Gasteiger partial charge on any atom is -0.475 e. The topological polar surface area (TPSA) is 47.0 Å². The van der Waals surface area contributed by atoms with Crippen molar-refractivity contribution in [2.24, 2.45) is 5.92 Å². The van der Waals surface area contributed by atoms with Crippen molar-refractivity contribution in [2.45, 2.75) is 19.3 Å². The molecule has 0 bridgehead atoms. The minimum atomic E-state index is 0.338. The van der Waals surface area contributed by atoms with Gasteiger partial charge in [-0.25, -0.2) is 9.97 Å². The summed E-state index contributed by atoms with van der Waals surface area (Å²) in [6.45, 7) is 2.86. The second-order valence-electron chi connectivity index (χ2n) is 5.16. The molecule has 3 rings (SSSR count). The summed E-state index contributed by atoms with van der Waals surface area (Å²) in [5, 5.41) is 3.75. The highest BCUT2D eigenvalue weighted by atomic mass is 35.5. The zero-order valence-electron chi connectivity index (χ0n) is 11.3. The molecule has 1 aromatic carbocycles.